The minimum absolute atomic E-state index is 0. The second-order valence-corrected chi connectivity index (χ2v) is 8.33. The molecule has 2 aromatic rings. The number of benzene rings is 1. The first kappa shape index (κ1) is 24.1. The van der Waals surface area contributed by atoms with E-state index in [1.54, 1.807) is 13.4 Å². The Morgan fingerprint density at radius 2 is 1.90 bits per heavy atom. The van der Waals surface area contributed by atoms with Gasteiger partial charge < -0.3 is 19.8 Å². The van der Waals surface area contributed by atoms with E-state index in [9.17, 15) is 0 Å². The molecule has 2 aliphatic heterocycles. The number of guanidine groups is 1. The highest BCUT2D eigenvalue weighted by molar-refractivity contribution is 14.0. The monoisotopic (exact) mass is 538 g/mol. The number of ether oxygens (including phenoxy) is 1. The van der Waals surface area contributed by atoms with Crippen molar-refractivity contribution < 1.29 is 9.15 Å². The third-order valence-corrected chi connectivity index (χ3v) is 6.24. The summed E-state index contributed by atoms with van der Waals surface area (Å²) in [7, 11) is 1.72. The van der Waals surface area contributed by atoms with Crippen LogP contribution in [0.4, 0.5) is 0 Å². The van der Waals surface area contributed by atoms with Crippen LogP contribution in [0.15, 0.2) is 58.1 Å². The third kappa shape index (κ3) is 6.95. The molecule has 4 rings (SSSR count). The molecular formula is C24H35IN4O2. The summed E-state index contributed by atoms with van der Waals surface area (Å²) in [6, 6.07) is 16.6. The lowest BCUT2D eigenvalue weighted by atomic mass is 9.96. The summed E-state index contributed by atoms with van der Waals surface area (Å²) in [5, 5.41) is 7.18. The average molecular weight is 538 g/mol. The zero-order valence-corrected chi connectivity index (χ0v) is 20.7. The minimum Gasteiger partial charge on any atom is -0.469 e. The number of furan rings is 1. The first-order valence-electron chi connectivity index (χ1n) is 11.2. The zero-order valence-electron chi connectivity index (χ0n) is 18.3. The van der Waals surface area contributed by atoms with Gasteiger partial charge >= 0.3 is 0 Å². The number of nitrogens with zero attached hydrogens (tertiary/aromatic N) is 2. The summed E-state index contributed by atoms with van der Waals surface area (Å²) in [5.74, 6) is 1.88. The quantitative estimate of drug-likeness (QED) is 0.220. The predicted octanol–water partition coefficient (Wildman–Crippen LogP) is 3.82. The zero-order chi connectivity index (χ0) is 20.6. The highest BCUT2D eigenvalue weighted by Gasteiger charge is 2.40. The fourth-order valence-corrected chi connectivity index (χ4v) is 4.80. The molecule has 2 fully saturated rings. The van der Waals surface area contributed by atoms with Gasteiger partial charge in [-0.2, -0.15) is 0 Å². The normalized spacial score (nSPS) is 23.4. The number of methoxy groups -OCH3 is 1. The van der Waals surface area contributed by atoms with E-state index in [1.165, 1.54) is 31.2 Å². The molecule has 170 valence electrons. The molecule has 2 aliphatic rings. The van der Waals surface area contributed by atoms with E-state index in [0.29, 0.717) is 31.3 Å². The van der Waals surface area contributed by atoms with Gasteiger partial charge in [0.15, 0.2) is 5.96 Å². The molecular weight excluding hydrogens is 503 g/mol. The molecule has 2 saturated heterocycles. The Bertz CT molecular complexity index is 770. The number of halogens is 1. The molecule has 3 heterocycles. The SMILES string of the molecule is COCCN=C(NCCc1ccco1)NC1CC2CCC(C1)N2Cc1ccccc1.I. The molecule has 0 amide bonds. The Balaban J connectivity index is 0.00000272. The Kier molecular flexibility index (Phi) is 9.67. The van der Waals surface area contributed by atoms with E-state index < -0.39 is 0 Å². The molecule has 2 unspecified atom stereocenters. The van der Waals surface area contributed by atoms with Gasteiger partial charge in [0, 0.05) is 44.7 Å². The van der Waals surface area contributed by atoms with E-state index in [1.807, 2.05) is 12.1 Å². The Labute approximate surface area is 202 Å². The smallest absolute Gasteiger partial charge is 0.191 e. The highest BCUT2D eigenvalue weighted by atomic mass is 127. The highest BCUT2D eigenvalue weighted by Crippen LogP contribution is 2.36. The lowest BCUT2D eigenvalue weighted by molar-refractivity contribution is 0.114. The van der Waals surface area contributed by atoms with Gasteiger partial charge in [-0.25, -0.2) is 0 Å². The number of piperidine rings is 1. The van der Waals surface area contributed by atoms with Gasteiger partial charge in [0.25, 0.3) is 0 Å². The number of rotatable bonds is 9. The van der Waals surface area contributed by atoms with Crippen molar-refractivity contribution in [2.24, 2.45) is 4.99 Å². The van der Waals surface area contributed by atoms with Crippen molar-refractivity contribution in [3.63, 3.8) is 0 Å². The second kappa shape index (κ2) is 12.5. The van der Waals surface area contributed by atoms with Gasteiger partial charge in [-0.05, 0) is 43.4 Å². The first-order valence-corrected chi connectivity index (χ1v) is 11.2. The largest absolute Gasteiger partial charge is 0.469 e. The molecule has 1 aromatic heterocycles. The fraction of sp³-hybridized carbons (Fsp3) is 0.542. The van der Waals surface area contributed by atoms with E-state index in [-0.39, 0.29) is 24.0 Å². The van der Waals surface area contributed by atoms with Crippen LogP contribution in [0, 0.1) is 0 Å². The van der Waals surface area contributed by atoms with Crippen LogP contribution in [0.5, 0.6) is 0 Å². The van der Waals surface area contributed by atoms with Crippen molar-refractivity contribution in [1.29, 1.82) is 0 Å². The molecule has 7 heteroatoms. The molecule has 2 atom stereocenters. The molecule has 0 radical (unpaired) electrons. The van der Waals surface area contributed by atoms with E-state index in [4.69, 9.17) is 14.1 Å². The van der Waals surface area contributed by atoms with Gasteiger partial charge in [-0.1, -0.05) is 30.3 Å². The van der Waals surface area contributed by atoms with E-state index in [2.05, 4.69) is 45.9 Å². The first-order chi connectivity index (χ1) is 14.8. The van der Waals surface area contributed by atoms with Crippen LogP contribution in [0.2, 0.25) is 0 Å². The van der Waals surface area contributed by atoms with Gasteiger partial charge in [0.2, 0.25) is 0 Å². The van der Waals surface area contributed by atoms with Crippen LogP contribution in [0.3, 0.4) is 0 Å². The topological polar surface area (TPSA) is 62.0 Å². The predicted molar refractivity (Wildman–Crippen MR) is 135 cm³/mol. The molecule has 2 N–H and O–H groups in total. The Hall–Kier alpha value is -1.58. The summed E-state index contributed by atoms with van der Waals surface area (Å²) in [6.45, 7) is 3.16. The molecule has 0 saturated carbocycles. The molecule has 1 aromatic carbocycles. The number of hydrogen-bond donors (Lipinski definition) is 2. The summed E-state index contributed by atoms with van der Waals surface area (Å²) in [4.78, 5) is 7.43. The van der Waals surface area contributed by atoms with Crippen LogP contribution in [-0.2, 0) is 17.7 Å². The molecule has 0 spiro atoms. The molecule has 2 bridgehead atoms. The van der Waals surface area contributed by atoms with Crippen LogP contribution in [0.1, 0.15) is 37.0 Å². The van der Waals surface area contributed by atoms with Crippen LogP contribution in [0.25, 0.3) is 0 Å². The molecule has 0 aliphatic carbocycles. The van der Waals surface area contributed by atoms with Crippen molar-refractivity contribution in [3.05, 3.63) is 60.1 Å². The van der Waals surface area contributed by atoms with Crippen molar-refractivity contribution >= 4 is 29.9 Å². The van der Waals surface area contributed by atoms with Crippen LogP contribution in [-0.4, -0.2) is 55.8 Å². The van der Waals surface area contributed by atoms with Gasteiger partial charge in [-0.3, -0.25) is 9.89 Å². The summed E-state index contributed by atoms with van der Waals surface area (Å²) < 4.78 is 10.6. The Morgan fingerprint density at radius 1 is 1.13 bits per heavy atom. The van der Waals surface area contributed by atoms with Gasteiger partial charge in [-0.15, -0.1) is 24.0 Å². The van der Waals surface area contributed by atoms with Crippen LogP contribution < -0.4 is 10.6 Å². The van der Waals surface area contributed by atoms with Crippen molar-refractivity contribution in [3.8, 4) is 0 Å². The summed E-state index contributed by atoms with van der Waals surface area (Å²) >= 11 is 0. The fourth-order valence-electron chi connectivity index (χ4n) is 4.80. The number of fused-ring (bicyclic) bond motifs is 2. The van der Waals surface area contributed by atoms with Crippen LogP contribution >= 0.6 is 24.0 Å². The number of aliphatic imine (C=N–C) groups is 1. The van der Waals surface area contributed by atoms with Crippen molar-refractivity contribution in [2.45, 2.75) is 56.8 Å². The lowest BCUT2D eigenvalue weighted by Gasteiger charge is -2.39. The maximum absolute atomic E-state index is 5.44. The summed E-state index contributed by atoms with van der Waals surface area (Å²) in [5.41, 5.74) is 1.42. The number of nitrogens with one attached hydrogen (secondary N) is 2. The van der Waals surface area contributed by atoms with E-state index in [0.717, 1.165) is 31.2 Å². The maximum atomic E-state index is 5.44. The Morgan fingerprint density at radius 3 is 2.58 bits per heavy atom. The maximum Gasteiger partial charge on any atom is 0.191 e. The van der Waals surface area contributed by atoms with Gasteiger partial charge in [0.05, 0.1) is 19.4 Å². The number of hydrogen-bond acceptors (Lipinski definition) is 4. The molecule has 6 nitrogen and oxygen atoms in total. The van der Waals surface area contributed by atoms with E-state index >= 15 is 0 Å². The molecule has 31 heavy (non-hydrogen) atoms. The standard InChI is InChI=1S/C24H34N4O2.HI/c1-29-15-13-26-24(25-12-11-23-8-5-14-30-23)27-20-16-21-9-10-22(17-20)28(21)18-19-6-3-2-4-7-19;/h2-8,14,20-22H,9-13,15-18H2,1H3,(H2,25,26,27);1H. The van der Waals surface area contributed by atoms with Gasteiger partial charge in [0.1, 0.15) is 5.76 Å². The average Bonchev–Trinajstić information content (AvgIpc) is 3.35. The third-order valence-electron chi connectivity index (χ3n) is 6.24. The van der Waals surface area contributed by atoms with Crippen molar-refractivity contribution in [1.82, 2.24) is 15.5 Å². The second-order valence-electron chi connectivity index (χ2n) is 8.33. The minimum atomic E-state index is 0. The lowest BCUT2D eigenvalue weighted by Crippen LogP contribution is -2.52. The van der Waals surface area contributed by atoms with Crippen molar-refractivity contribution in [2.75, 3.05) is 26.8 Å². The summed E-state index contributed by atoms with van der Waals surface area (Å²) in [6.07, 6.45) is 7.52.